The van der Waals surface area contributed by atoms with Gasteiger partial charge in [0.05, 0.1) is 44.1 Å². The fraction of sp³-hybridized carbons (Fsp3) is 0.857. The molecule has 4 amide bonds. The number of carboxylic acids is 1. The highest BCUT2D eigenvalue weighted by molar-refractivity contribution is 8.00. The van der Waals surface area contributed by atoms with E-state index in [1.54, 1.807) is 11.8 Å². The highest BCUT2D eigenvalue weighted by Crippen LogP contribution is 2.37. The fourth-order valence-electron chi connectivity index (χ4n) is 7.98. The molecule has 0 spiro atoms. The van der Waals surface area contributed by atoms with Crippen molar-refractivity contribution in [2.45, 2.75) is 161 Å². The van der Waals surface area contributed by atoms with Crippen LogP contribution in [0.3, 0.4) is 0 Å². The van der Waals surface area contributed by atoms with Crippen molar-refractivity contribution >= 4 is 41.5 Å². The van der Waals surface area contributed by atoms with Crippen LogP contribution in [-0.2, 0) is 47.6 Å². The number of rotatable bonds is 18. The zero-order valence-corrected chi connectivity index (χ0v) is 33.9. The van der Waals surface area contributed by atoms with Crippen molar-refractivity contribution in [3.8, 4) is 0 Å². The van der Waals surface area contributed by atoms with Crippen LogP contribution < -0.4 is 21.3 Å². The minimum absolute atomic E-state index is 0.00000290. The molecule has 0 aliphatic carbocycles. The van der Waals surface area contributed by atoms with Crippen LogP contribution in [0.5, 0.6) is 0 Å². The van der Waals surface area contributed by atoms with Gasteiger partial charge in [0.1, 0.15) is 67.1 Å². The molecule has 0 saturated carbocycles. The van der Waals surface area contributed by atoms with Crippen LogP contribution in [0.15, 0.2) is 0 Å². The lowest BCUT2D eigenvalue weighted by Crippen LogP contribution is -2.69. The standard InChI is InChI=1S/C35H56N4O21S/c1-12(42)36-22-15(44)7-35(33(52)53,60-30(22)24(47)16(45)8-40)55-10-18-26(49)29(59-32-28(51)27(50)25(48)17(9-41)56-32)23(37-13(2)43)31(57-18)58-20(46)6-4-3-5-19-21-14(11-61-19)38-34(54)39-21/h14-19,21-32,40-41,44-45,47-51H,3-11H2,1-2H3,(H,36,42)(H,37,43)(H,52,53)(H2,38,39,54)/t14-,15-,16+,17+,18+,19-,21-,22+,23+,24+,25-,26+,27-,28+,29+,30+,31-,32-,35+/m0/s1. The quantitative estimate of drug-likeness (QED) is 0.0345. The van der Waals surface area contributed by atoms with Crippen LogP contribution >= 0.6 is 11.8 Å². The number of urea groups is 1. The van der Waals surface area contributed by atoms with Crippen molar-refractivity contribution in [1.29, 1.82) is 0 Å². The second-order valence-electron chi connectivity index (χ2n) is 15.6. The second kappa shape index (κ2) is 21.1. The Kier molecular flexibility index (Phi) is 16.9. The number of unbranched alkanes of at least 4 members (excludes halogenated alkanes) is 1. The summed E-state index contributed by atoms with van der Waals surface area (Å²) in [6.07, 6.45) is -24.1. The van der Waals surface area contributed by atoms with Gasteiger partial charge >= 0.3 is 18.0 Å². The molecule has 0 unspecified atom stereocenters. The maximum Gasteiger partial charge on any atom is 0.364 e. The smallest absolute Gasteiger partial charge is 0.364 e. The Balaban J connectivity index is 1.37. The van der Waals surface area contributed by atoms with E-state index >= 15 is 0 Å². The molecule has 348 valence electrons. The number of esters is 1. The minimum atomic E-state index is -2.92. The Bertz CT molecular complexity index is 1550. The van der Waals surface area contributed by atoms with Crippen LogP contribution in [0, 0.1) is 0 Å². The molecule has 61 heavy (non-hydrogen) atoms. The van der Waals surface area contributed by atoms with E-state index in [-0.39, 0.29) is 29.8 Å². The molecule has 5 fully saturated rings. The lowest BCUT2D eigenvalue weighted by molar-refractivity contribution is -0.351. The third kappa shape index (κ3) is 11.4. The first-order valence-electron chi connectivity index (χ1n) is 19.7. The molecular weight excluding hydrogens is 844 g/mol. The number of thioether (sulfide) groups is 1. The molecular formula is C35H56N4O21S. The number of aliphatic hydroxyl groups is 9. The van der Waals surface area contributed by atoms with E-state index in [1.807, 2.05) is 0 Å². The molecule has 0 aromatic carbocycles. The van der Waals surface area contributed by atoms with Crippen molar-refractivity contribution < 1.29 is 103 Å². The minimum Gasteiger partial charge on any atom is -0.477 e. The van der Waals surface area contributed by atoms with Gasteiger partial charge in [-0.15, -0.1) is 0 Å². The number of hydrogen-bond donors (Lipinski definition) is 14. The van der Waals surface area contributed by atoms with Gasteiger partial charge in [-0.3, -0.25) is 14.4 Å². The number of fused-ring (bicyclic) bond motifs is 1. The third-order valence-electron chi connectivity index (χ3n) is 11.2. The maximum absolute atomic E-state index is 13.3. The average molecular weight is 901 g/mol. The lowest BCUT2D eigenvalue weighted by atomic mass is 9.88. The van der Waals surface area contributed by atoms with E-state index in [0.29, 0.717) is 19.3 Å². The van der Waals surface area contributed by atoms with Gasteiger partial charge in [-0.25, -0.2) is 9.59 Å². The topological polar surface area (TPSA) is 391 Å². The first-order valence-corrected chi connectivity index (χ1v) is 20.8. The molecule has 0 aromatic rings. The molecule has 25 nitrogen and oxygen atoms in total. The summed E-state index contributed by atoms with van der Waals surface area (Å²) in [6.45, 7) is -0.811. The molecule has 5 heterocycles. The Morgan fingerprint density at radius 2 is 1.57 bits per heavy atom. The fourth-order valence-corrected chi connectivity index (χ4v) is 9.52. The normalized spacial score (nSPS) is 40.8. The van der Waals surface area contributed by atoms with Crippen molar-refractivity contribution in [3.63, 3.8) is 0 Å². The van der Waals surface area contributed by atoms with Crippen LogP contribution in [0.2, 0.25) is 0 Å². The molecule has 5 saturated heterocycles. The second-order valence-corrected chi connectivity index (χ2v) is 16.9. The number of aliphatic hydroxyl groups excluding tert-OH is 9. The molecule has 0 radical (unpaired) electrons. The molecule has 19 atom stereocenters. The number of ether oxygens (including phenoxy) is 6. The van der Waals surface area contributed by atoms with Crippen molar-refractivity contribution in [2.24, 2.45) is 0 Å². The Morgan fingerprint density at radius 3 is 2.21 bits per heavy atom. The molecule has 5 aliphatic rings. The average Bonchev–Trinajstić information content (AvgIpc) is 3.76. The highest BCUT2D eigenvalue weighted by atomic mass is 32.2. The molecule has 5 rings (SSSR count). The summed E-state index contributed by atoms with van der Waals surface area (Å²) in [5.41, 5.74) is 0. The number of carbonyl (C=O) groups excluding carboxylic acids is 4. The van der Waals surface area contributed by atoms with Gasteiger partial charge in [0.25, 0.3) is 5.79 Å². The molecule has 26 heteroatoms. The number of carboxylic acid groups (broad SMARTS) is 1. The predicted molar refractivity (Wildman–Crippen MR) is 199 cm³/mol. The van der Waals surface area contributed by atoms with E-state index < -0.39 is 148 Å². The van der Waals surface area contributed by atoms with Crippen molar-refractivity contribution in [2.75, 3.05) is 25.6 Å². The predicted octanol–water partition coefficient (Wildman–Crippen LogP) is -6.80. The number of carbonyl (C=O) groups is 5. The number of aliphatic carboxylic acids is 1. The summed E-state index contributed by atoms with van der Waals surface area (Å²) >= 11 is 1.68. The summed E-state index contributed by atoms with van der Waals surface area (Å²) in [5.74, 6) is -6.46. The van der Waals surface area contributed by atoms with Gasteiger partial charge in [0, 0.05) is 37.7 Å². The maximum atomic E-state index is 13.3. The van der Waals surface area contributed by atoms with E-state index in [4.69, 9.17) is 28.4 Å². The van der Waals surface area contributed by atoms with Crippen LogP contribution in [0.25, 0.3) is 0 Å². The van der Waals surface area contributed by atoms with Gasteiger partial charge < -0.3 is 101 Å². The first-order chi connectivity index (χ1) is 28.8. The number of amides is 4. The van der Waals surface area contributed by atoms with E-state index in [0.717, 1.165) is 19.6 Å². The van der Waals surface area contributed by atoms with E-state index in [1.165, 1.54) is 0 Å². The highest BCUT2D eigenvalue weighted by Gasteiger charge is 2.58. The van der Waals surface area contributed by atoms with Crippen LogP contribution in [0.1, 0.15) is 46.0 Å². The van der Waals surface area contributed by atoms with E-state index in [2.05, 4.69) is 21.3 Å². The first kappa shape index (κ1) is 49.0. The summed E-state index contributed by atoms with van der Waals surface area (Å²) in [5, 5.41) is 115. The van der Waals surface area contributed by atoms with Crippen LogP contribution in [0.4, 0.5) is 4.79 Å². The van der Waals surface area contributed by atoms with Gasteiger partial charge in [-0.05, 0) is 12.8 Å². The largest absolute Gasteiger partial charge is 0.477 e. The monoisotopic (exact) mass is 900 g/mol. The molecule has 0 aromatic heterocycles. The van der Waals surface area contributed by atoms with E-state index in [9.17, 15) is 75.0 Å². The Labute approximate surface area is 352 Å². The third-order valence-corrected chi connectivity index (χ3v) is 12.7. The van der Waals surface area contributed by atoms with Crippen molar-refractivity contribution in [1.82, 2.24) is 21.3 Å². The van der Waals surface area contributed by atoms with Crippen LogP contribution in [-0.4, -0.2) is 221 Å². The molecule has 5 aliphatic heterocycles. The van der Waals surface area contributed by atoms with Gasteiger partial charge in [0.15, 0.2) is 6.29 Å². The van der Waals surface area contributed by atoms with Gasteiger partial charge in [-0.2, -0.15) is 11.8 Å². The van der Waals surface area contributed by atoms with Gasteiger partial charge in [0.2, 0.25) is 18.1 Å². The summed E-state index contributed by atoms with van der Waals surface area (Å²) < 4.78 is 34.2. The Hall–Kier alpha value is -3.06. The number of nitrogens with one attached hydrogen (secondary N) is 4. The summed E-state index contributed by atoms with van der Waals surface area (Å²) in [6, 6.07) is -3.46. The molecule has 14 N–H and O–H groups in total. The summed E-state index contributed by atoms with van der Waals surface area (Å²) in [4.78, 5) is 62.4. The zero-order chi connectivity index (χ0) is 44.9. The molecule has 0 bridgehead atoms. The Morgan fingerprint density at radius 1 is 0.902 bits per heavy atom. The van der Waals surface area contributed by atoms with Gasteiger partial charge in [-0.1, -0.05) is 6.42 Å². The summed E-state index contributed by atoms with van der Waals surface area (Å²) in [7, 11) is 0. The lowest BCUT2D eigenvalue weighted by Gasteiger charge is -2.49. The zero-order valence-electron chi connectivity index (χ0n) is 33.1. The SMILES string of the molecule is CC(=O)N[C@H]1[C@H](OC(=O)CCCC[C@@H]2SC[C@@H]3NC(=O)N[C@@H]32)O[C@H](CO[C@]2(C(=O)O)C[C@H](O)[C@@H](NC(C)=O)[C@H]([C@H](O)[C@H](O)CO)O2)[C@@H](O)[C@@H]1O[C@@H]1O[C@H](CO)[C@H](O)[C@H](O)[C@H]1O. The van der Waals surface area contributed by atoms with Crippen molar-refractivity contribution in [3.05, 3.63) is 0 Å². The number of hydrogen-bond acceptors (Lipinski definition) is 21.